The molecule has 40 heavy (non-hydrogen) atoms. The summed E-state index contributed by atoms with van der Waals surface area (Å²) in [6, 6.07) is 31.9. The van der Waals surface area contributed by atoms with Crippen LogP contribution in [0.1, 0.15) is 0 Å². The zero-order valence-electron chi connectivity index (χ0n) is 23.4. The molecule has 0 aromatic heterocycles. The first-order chi connectivity index (χ1) is 19.5. The van der Waals surface area contributed by atoms with Gasteiger partial charge in [-0.2, -0.15) is 0 Å². The van der Waals surface area contributed by atoms with Crippen molar-refractivity contribution in [3.05, 3.63) is 97.1 Å². The maximum atomic E-state index is 5.97. The molecule has 4 rings (SSSR count). The van der Waals surface area contributed by atoms with E-state index in [0.29, 0.717) is 26.4 Å². The molecule has 4 aromatic rings. The zero-order valence-corrected chi connectivity index (χ0v) is 24.3. The van der Waals surface area contributed by atoms with Crippen molar-refractivity contribution in [3.8, 4) is 45.3 Å². The van der Waals surface area contributed by atoms with Crippen molar-refractivity contribution in [2.24, 2.45) is 4.74 Å². The molecule has 0 saturated carbocycles. The molecule has 0 radical (unpaired) electrons. The van der Waals surface area contributed by atoms with Gasteiger partial charge in [0.2, 0.25) is 7.51 Å². The van der Waals surface area contributed by atoms with Gasteiger partial charge in [-0.3, -0.25) is 4.74 Å². The van der Waals surface area contributed by atoms with Gasteiger partial charge in [-0.05, 0) is 70.8 Å². The second kappa shape index (κ2) is 14.6. The summed E-state index contributed by atoms with van der Waals surface area (Å²) in [5.41, 5.74) is 4.46. The Kier molecular flexibility index (Phi) is 10.6. The van der Waals surface area contributed by atoms with E-state index in [-0.39, 0.29) is 0 Å². The maximum Gasteiger partial charge on any atom is 0.209 e. The van der Waals surface area contributed by atoms with E-state index in [1.807, 2.05) is 104 Å². The first-order valence-corrected chi connectivity index (χ1v) is 15.1. The van der Waals surface area contributed by atoms with Gasteiger partial charge in [-0.1, -0.05) is 48.5 Å². The van der Waals surface area contributed by atoms with E-state index in [9.17, 15) is 0 Å². The quantitative estimate of drug-likeness (QED) is 0.116. The highest BCUT2D eigenvalue weighted by Crippen LogP contribution is 2.47. The summed E-state index contributed by atoms with van der Waals surface area (Å²) in [7, 11) is 2.68. The van der Waals surface area contributed by atoms with E-state index in [4.69, 9.17) is 28.0 Å². The Hall–Kier alpha value is -3.77. The predicted molar refractivity (Wildman–Crippen MR) is 161 cm³/mol. The first kappa shape index (κ1) is 29.2. The minimum Gasteiger partial charge on any atom is -0.497 e. The van der Waals surface area contributed by atoms with Crippen LogP contribution in [0.15, 0.2) is 102 Å². The van der Waals surface area contributed by atoms with Gasteiger partial charge in [0.15, 0.2) is 0 Å². The Morgan fingerprint density at radius 3 is 1.05 bits per heavy atom. The van der Waals surface area contributed by atoms with Crippen LogP contribution in [0.2, 0.25) is 0 Å². The molecule has 0 bridgehead atoms. The normalized spacial score (nSPS) is 11.1. The third-order valence-corrected chi connectivity index (χ3v) is 8.33. The Balaban J connectivity index is 1.16. The fraction of sp³-hybridized carbons (Fsp3) is 0.250. The van der Waals surface area contributed by atoms with Crippen LogP contribution in [0.5, 0.6) is 23.0 Å². The molecule has 0 saturated heterocycles. The fourth-order valence-electron chi connectivity index (χ4n) is 3.94. The van der Waals surface area contributed by atoms with Gasteiger partial charge in [0.25, 0.3) is 0 Å². The number of benzene rings is 4. The number of rotatable bonds is 14. The summed E-state index contributed by atoms with van der Waals surface area (Å²) < 4.78 is 38.5. The van der Waals surface area contributed by atoms with Crippen LogP contribution in [0, 0.1) is 0 Å². The lowest BCUT2D eigenvalue weighted by Crippen LogP contribution is -2.09. The van der Waals surface area contributed by atoms with Gasteiger partial charge in [-0.15, -0.1) is 0 Å². The molecule has 8 heteroatoms. The van der Waals surface area contributed by atoms with E-state index in [0.717, 1.165) is 45.3 Å². The van der Waals surface area contributed by atoms with E-state index in [2.05, 4.69) is 4.74 Å². The standard InChI is InChI=1S/C32H36NO6P/c1-33-40(4,38-23-21-36-31-17-9-27(10-18-31)25-5-13-29(34-2)14-6-25)39-24-22-37-32-19-11-28(12-20-32)26-7-15-30(35-3)16-8-26/h5-20H,21-24H2,1-4H3. The van der Waals surface area contributed by atoms with Crippen molar-refractivity contribution >= 4 is 7.51 Å². The summed E-state index contributed by atoms with van der Waals surface area (Å²) in [5, 5.41) is 0. The van der Waals surface area contributed by atoms with Crippen molar-refractivity contribution in [3.63, 3.8) is 0 Å². The average molecular weight is 562 g/mol. The topological polar surface area (TPSA) is 67.7 Å². The molecule has 0 atom stereocenters. The van der Waals surface area contributed by atoms with Crippen molar-refractivity contribution in [2.75, 3.05) is 54.4 Å². The maximum absolute atomic E-state index is 5.97. The minimum absolute atomic E-state index is 0.371. The van der Waals surface area contributed by atoms with E-state index >= 15 is 0 Å². The molecule has 4 aromatic carbocycles. The lowest BCUT2D eigenvalue weighted by Gasteiger charge is -2.20. The van der Waals surface area contributed by atoms with Gasteiger partial charge in [0, 0.05) is 13.7 Å². The largest absolute Gasteiger partial charge is 0.497 e. The highest BCUT2D eigenvalue weighted by atomic mass is 31.2. The SMILES string of the molecule is CN=P(C)(OCCOc1ccc(-c2ccc(OC)cc2)cc1)OCCOc1ccc(-c2ccc(OC)cc2)cc1. The zero-order chi connectivity index (χ0) is 28.2. The van der Waals surface area contributed by atoms with Crippen molar-refractivity contribution in [1.82, 2.24) is 0 Å². The summed E-state index contributed by atoms with van der Waals surface area (Å²) in [5.74, 6) is 3.23. The van der Waals surface area contributed by atoms with Crippen molar-refractivity contribution in [2.45, 2.75) is 0 Å². The van der Waals surface area contributed by atoms with Crippen molar-refractivity contribution in [1.29, 1.82) is 0 Å². The number of hydrogen-bond donors (Lipinski definition) is 0. The lowest BCUT2D eigenvalue weighted by atomic mass is 10.1. The third-order valence-electron chi connectivity index (χ3n) is 6.28. The van der Waals surface area contributed by atoms with Crippen molar-refractivity contribution < 1.29 is 28.0 Å². The second-order valence-electron chi connectivity index (χ2n) is 8.87. The van der Waals surface area contributed by atoms with Gasteiger partial charge in [0.1, 0.15) is 36.2 Å². The number of nitrogens with zero attached hydrogens (tertiary/aromatic N) is 1. The Bertz CT molecular complexity index is 1270. The molecule has 0 amide bonds. The van der Waals surface area contributed by atoms with Crippen LogP contribution >= 0.6 is 7.51 Å². The summed E-state index contributed by atoms with van der Waals surface area (Å²) >= 11 is 0. The van der Waals surface area contributed by atoms with Gasteiger partial charge >= 0.3 is 0 Å². The van der Waals surface area contributed by atoms with Crippen LogP contribution in [-0.2, 0) is 9.05 Å². The average Bonchev–Trinajstić information content (AvgIpc) is 3.02. The van der Waals surface area contributed by atoms with Crippen LogP contribution < -0.4 is 18.9 Å². The molecule has 0 unspecified atom stereocenters. The molecule has 0 N–H and O–H groups in total. The Labute approximate surface area is 236 Å². The monoisotopic (exact) mass is 561 g/mol. The van der Waals surface area contributed by atoms with Crippen LogP contribution in [-0.4, -0.2) is 54.4 Å². The summed E-state index contributed by atoms with van der Waals surface area (Å²) in [4.78, 5) is 0. The third kappa shape index (κ3) is 8.36. The highest BCUT2D eigenvalue weighted by Gasteiger charge is 2.14. The van der Waals surface area contributed by atoms with Gasteiger partial charge in [-0.25, -0.2) is 0 Å². The molecular weight excluding hydrogens is 525 g/mol. The molecule has 0 aliphatic rings. The molecule has 0 spiro atoms. The molecule has 0 aliphatic carbocycles. The molecule has 210 valence electrons. The van der Waals surface area contributed by atoms with E-state index in [1.165, 1.54) is 0 Å². The molecule has 7 nitrogen and oxygen atoms in total. The molecular formula is C32H36NO6P. The minimum atomic E-state index is -2.36. The van der Waals surface area contributed by atoms with E-state index < -0.39 is 7.51 Å². The van der Waals surface area contributed by atoms with Gasteiger partial charge < -0.3 is 28.0 Å². The van der Waals surface area contributed by atoms with Crippen LogP contribution in [0.25, 0.3) is 22.3 Å². The van der Waals surface area contributed by atoms with Gasteiger partial charge in [0.05, 0.1) is 27.4 Å². The summed E-state index contributed by atoms with van der Waals surface area (Å²) in [6.45, 7) is 3.42. The number of ether oxygens (including phenoxy) is 4. The molecule has 0 aliphatic heterocycles. The fourth-order valence-corrected chi connectivity index (χ4v) is 5.07. The number of hydrogen-bond acceptors (Lipinski definition) is 7. The smallest absolute Gasteiger partial charge is 0.209 e. The Morgan fingerprint density at radius 2 is 0.775 bits per heavy atom. The number of methoxy groups -OCH3 is 2. The predicted octanol–water partition coefficient (Wildman–Crippen LogP) is 7.82. The molecule has 0 fully saturated rings. The first-order valence-electron chi connectivity index (χ1n) is 13.0. The van der Waals surface area contributed by atoms with Crippen LogP contribution in [0.3, 0.4) is 0 Å². The lowest BCUT2D eigenvalue weighted by molar-refractivity contribution is 0.173. The molecule has 0 heterocycles. The van der Waals surface area contributed by atoms with E-state index in [1.54, 1.807) is 21.3 Å². The highest BCUT2D eigenvalue weighted by molar-refractivity contribution is 7.55. The second-order valence-corrected chi connectivity index (χ2v) is 11.4. The Morgan fingerprint density at radius 1 is 0.475 bits per heavy atom. The van der Waals surface area contributed by atoms with Crippen LogP contribution in [0.4, 0.5) is 0 Å². The summed E-state index contributed by atoms with van der Waals surface area (Å²) in [6.07, 6.45) is 0.